The molecule has 30 heavy (non-hydrogen) atoms. The van der Waals surface area contributed by atoms with Crippen molar-refractivity contribution in [2.75, 3.05) is 5.75 Å². The molecule has 6 rings (SSSR count). The largest absolute Gasteiger partial charge is 0.207 e. The molecule has 0 amide bonds. The van der Waals surface area contributed by atoms with Crippen LogP contribution >= 0.6 is 11.8 Å². The maximum atomic E-state index is 13.6. The standard InChI is InChI=1S/C28H23FS/c29-20-10-7-19(8-11-20)22-13-14-25-24-12-9-18-4-1-2-5-21(18)23(24)15-16-26(25)28(22)27-6-3-17-30-27/h2,5-8,10-11,13-16H,1,3-4,9,12,17H2. The van der Waals surface area contributed by atoms with Gasteiger partial charge in [-0.25, -0.2) is 4.39 Å². The van der Waals surface area contributed by atoms with Crippen LogP contribution in [0, 0.1) is 5.82 Å². The highest BCUT2D eigenvalue weighted by atomic mass is 32.2. The van der Waals surface area contributed by atoms with Crippen molar-refractivity contribution in [2.24, 2.45) is 0 Å². The van der Waals surface area contributed by atoms with Gasteiger partial charge in [0.1, 0.15) is 5.82 Å². The van der Waals surface area contributed by atoms with Gasteiger partial charge < -0.3 is 0 Å². The van der Waals surface area contributed by atoms with Gasteiger partial charge in [-0.1, -0.05) is 60.2 Å². The highest BCUT2D eigenvalue weighted by Gasteiger charge is 2.23. The van der Waals surface area contributed by atoms with Crippen molar-refractivity contribution >= 4 is 33.0 Å². The molecule has 0 fully saturated rings. The van der Waals surface area contributed by atoms with E-state index in [4.69, 9.17) is 0 Å². The second-order valence-corrected chi connectivity index (χ2v) is 9.48. The number of thioether (sulfide) groups is 1. The molecule has 0 saturated heterocycles. The number of halogens is 1. The number of fused-ring (bicyclic) bond motifs is 4. The van der Waals surface area contributed by atoms with Crippen molar-refractivity contribution in [2.45, 2.75) is 32.1 Å². The Labute approximate surface area is 181 Å². The van der Waals surface area contributed by atoms with Crippen LogP contribution in [-0.4, -0.2) is 5.75 Å². The van der Waals surface area contributed by atoms with Gasteiger partial charge in [0.25, 0.3) is 0 Å². The molecule has 0 bridgehead atoms. The predicted octanol–water partition coefficient (Wildman–Crippen LogP) is 8.17. The molecule has 2 aliphatic carbocycles. The van der Waals surface area contributed by atoms with Gasteiger partial charge in [-0.05, 0) is 82.8 Å². The summed E-state index contributed by atoms with van der Waals surface area (Å²) in [6.45, 7) is 0. The normalized spacial score (nSPS) is 17.8. The molecular formula is C28H23FS. The summed E-state index contributed by atoms with van der Waals surface area (Å²) >= 11 is 1.94. The number of hydrogen-bond donors (Lipinski definition) is 0. The smallest absolute Gasteiger partial charge is 0.123 e. The Kier molecular flexibility index (Phi) is 4.42. The molecular weight excluding hydrogens is 387 g/mol. The maximum Gasteiger partial charge on any atom is 0.123 e. The van der Waals surface area contributed by atoms with E-state index < -0.39 is 0 Å². The Morgan fingerprint density at radius 2 is 1.60 bits per heavy atom. The van der Waals surface area contributed by atoms with Gasteiger partial charge in [0.2, 0.25) is 0 Å². The van der Waals surface area contributed by atoms with Crippen LogP contribution < -0.4 is 0 Å². The van der Waals surface area contributed by atoms with E-state index in [1.54, 1.807) is 17.7 Å². The van der Waals surface area contributed by atoms with E-state index in [0.717, 1.165) is 24.2 Å². The van der Waals surface area contributed by atoms with Gasteiger partial charge >= 0.3 is 0 Å². The van der Waals surface area contributed by atoms with Crippen LogP contribution in [-0.2, 0) is 6.42 Å². The Balaban J connectivity index is 1.61. The summed E-state index contributed by atoms with van der Waals surface area (Å²) in [5.41, 5.74) is 9.62. The molecule has 0 N–H and O–H groups in total. The molecule has 3 aromatic rings. The van der Waals surface area contributed by atoms with Crippen LogP contribution in [0.25, 0.3) is 32.4 Å². The van der Waals surface area contributed by atoms with E-state index in [2.05, 4.69) is 42.5 Å². The lowest BCUT2D eigenvalue weighted by molar-refractivity contribution is 0.628. The molecule has 2 heteroatoms. The summed E-state index contributed by atoms with van der Waals surface area (Å²) < 4.78 is 13.6. The summed E-state index contributed by atoms with van der Waals surface area (Å²) in [6, 6.07) is 16.2. The molecule has 0 aromatic heterocycles. The van der Waals surface area contributed by atoms with Crippen molar-refractivity contribution < 1.29 is 4.39 Å². The van der Waals surface area contributed by atoms with Gasteiger partial charge in [-0.3, -0.25) is 0 Å². The van der Waals surface area contributed by atoms with Gasteiger partial charge in [0.15, 0.2) is 0 Å². The minimum absolute atomic E-state index is 0.186. The molecule has 0 atom stereocenters. The molecule has 1 aliphatic heterocycles. The second-order valence-electron chi connectivity index (χ2n) is 8.35. The molecule has 0 saturated carbocycles. The summed E-state index contributed by atoms with van der Waals surface area (Å²) in [6.07, 6.45) is 12.8. The quantitative estimate of drug-likeness (QED) is 0.410. The maximum absolute atomic E-state index is 13.6. The van der Waals surface area contributed by atoms with E-state index in [9.17, 15) is 4.39 Å². The Hall–Kier alpha value is -2.58. The molecule has 0 radical (unpaired) electrons. The number of hydrogen-bond acceptors (Lipinski definition) is 1. The van der Waals surface area contributed by atoms with Crippen molar-refractivity contribution in [1.82, 2.24) is 0 Å². The summed E-state index contributed by atoms with van der Waals surface area (Å²) in [7, 11) is 0. The zero-order valence-corrected chi connectivity index (χ0v) is 17.7. The van der Waals surface area contributed by atoms with Crippen LogP contribution in [0.1, 0.15) is 42.4 Å². The lowest BCUT2D eigenvalue weighted by Crippen LogP contribution is -2.07. The predicted molar refractivity (Wildman–Crippen MR) is 128 cm³/mol. The Morgan fingerprint density at radius 1 is 0.767 bits per heavy atom. The van der Waals surface area contributed by atoms with Crippen molar-refractivity contribution in [1.29, 1.82) is 0 Å². The Bertz CT molecular complexity index is 1260. The van der Waals surface area contributed by atoms with Gasteiger partial charge in [0, 0.05) is 16.2 Å². The van der Waals surface area contributed by atoms with E-state index >= 15 is 0 Å². The number of benzene rings is 3. The first-order valence-corrected chi connectivity index (χ1v) is 11.8. The number of allylic oxidation sites excluding steroid dienone is 5. The lowest BCUT2D eigenvalue weighted by Gasteiger charge is -2.26. The molecule has 148 valence electrons. The van der Waals surface area contributed by atoms with Crippen molar-refractivity contribution in [3.8, 4) is 11.1 Å². The highest BCUT2D eigenvalue weighted by Crippen LogP contribution is 2.46. The minimum Gasteiger partial charge on any atom is -0.207 e. The van der Waals surface area contributed by atoms with Crippen LogP contribution in [0.3, 0.4) is 0 Å². The second kappa shape index (κ2) is 7.28. The third kappa shape index (κ3) is 2.89. The van der Waals surface area contributed by atoms with E-state index in [-0.39, 0.29) is 5.82 Å². The number of rotatable bonds is 2. The molecule has 1 heterocycles. The van der Waals surface area contributed by atoms with Gasteiger partial charge in [0.05, 0.1) is 0 Å². The average molecular weight is 411 g/mol. The molecule has 0 nitrogen and oxygen atoms in total. The van der Waals surface area contributed by atoms with Crippen LogP contribution in [0.5, 0.6) is 0 Å². The molecule has 0 unspecified atom stereocenters. The lowest BCUT2D eigenvalue weighted by atomic mass is 9.78. The van der Waals surface area contributed by atoms with E-state index in [1.165, 1.54) is 62.8 Å². The fraction of sp³-hybridized carbons (Fsp3) is 0.214. The van der Waals surface area contributed by atoms with Gasteiger partial charge in [-0.15, -0.1) is 11.8 Å². The minimum atomic E-state index is -0.186. The first-order valence-electron chi connectivity index (χ1n) is 10.9. The zero-order valence-electron chi connectivity index (χ0n) is 16.9. The van der Waals surface area contributed by atoms with Crippen LogP contribution in [0.2, 0.25) is 0 Å². The van der Waals surface area contributed by atoms with Crippen molar-refractivity contribution in [3.63, 3.8) is 0 Å². The van der Waals surface area contributed by atoms with Crippen LogP contribution in [0.4, 0.5) is 4.39 Å². The highest BCUT2D eigenvalue weighted by molar-refractivity contribution is 8.08. The third-order valence-corrected chi connectivity index (χ3v) is 7.79. The molecule has 0 spiro atoms. The molecule has 3 aromatic carbocycles. The van der Waals surface area contributed by atoms with E-state index in [0.29, 0.717) is 0 Å². The fourth-order valence-electron chi connectivity index (χ4n) is 5.24. The topological polar surface area (TPSA) is 0 Å². The van der Waals surface area contributed by atoms with Crippen LogP contribution in [0.15, 0.2) is 72.3 Å². The molecule has 3 aliphatic rings. The zero-order chi connectivity index (χ0) is 20.1. The van der Waals surface area contributed by atoms with E-state index in [1.807, 2.05) is 23.9 Å². The monoisotopic (exact) mass is 410 g/mol. The summed E-state index contributed by atoms with van der Waals surface area (Å²) in [5, 5.41) is 2.72. The van der Waals surface area contributed by atoms with Crippen molar-refractivity contribution in [3.05, 3.63) is 94.8 Å². The van der Waals surface area contributed by atoms with Gasteiger partial charge in [-0.2, -0.15) is 0 Å². The summed E-state index contributed by atoms with van der Waals surface area (Å²) in [5.74, 6) is 0.954. The average Bonchev–Trinajstić information content (AvgIpc) is 3.33. The SMILES string of the molecule is Fc1ccc(-c2ccc3c4c(ccc3c2C2=CCCS2)C2=C(CCC=C2)CC4)cc1. The summed E-state index contributed by atoms with van der Waals surface area (Å²) in [4.78, 5) is 1.37. The first-order chi connectivity index (χ1) is 14.8. The third-order valence-electron chi connectivity index (χ3n) is 6.66. The Morgan fingerprint density at radius 3 is 2.43 bits per heavy atom. The number of aryl methyl sites for hydroxylation is 1. The fourth-order valence-corrected chi connectivity index (χ4v) is 6.30. The first kappa shape index (κ1) is 18.2.